The highest BCUT2D eigenvalue weighted by atomic mass is 19.1. The molecule has 130 valence electrons. The molecule has 0 aliphatic carbocycles. The summed E-state index contributed by atoms with van der Waals surface area (Å²) < 4.78 is 19.4. The molecule has 3 aromatic rings. The van der Waals surface area contributed by atoms with E-state index in [1.54, 1.807) is 42.6 Å². The number of methoxy groups -OCH3 is 1. The van der Waals surface area contributed by atoms with Crippen LogP contribution in [0.5, 0.6) is 5.75 Å². The Morgan fingerprint density at radius 2 is 2.00 bits per heavy atom. The van der Waals surface area contributed by atoms with Gasteiger partial charge in [-0.3, -0.25) is 9.78 Å². The fraction of sp³-hybridized carbons (Fsp3) is 0.143. The van der Waals surface area contributed by atoms with Crippen molar-refractivity contribution in [3.8, 4) is 5.75 Å². The second kappa shape index (κ2) is 6.59. The number of hydrogen-bond donors (Lipinski definition) is 0. The van der Waals surface area contributed by atoms with E-state index in [0.717, 1.165) is 22.6 Å². The summed E-state index contributed by atoms with van der Waals surface area (Å²) in [6.45, 7) is 0.423. The molecular weight excluding hydrogens is 331 g/mol. The van der Waals surface area contributed by atoms with Crippen molar-refractivity contribution in [2.45, 2.75) is 5.92 Å². The SMILES string of the molecule is COc1ccccc1C1CN(C(=O)c2cccnc2)c2ccc(F)cc21. The van der Waals surface area contributed by atoms with Crippen molar-refractivity contribution >= 4 is 11.6 Å². The van der Waals surface area contributed by atoms with Crippen LogP contribution in [0.4, 0.5) is 10.1 Å². The average molecular weight is 348 g/mol. The maximum absolute atomic E-state index is 13.9. The Morgan fingerprint density at radius 1 is 1.15 bits per heavy atom. The second-order valence-corrected chi connectivity index (χ2v) is 6.16. The van der Waals surface area contributed by atoms with Crippen molar-refractivity contribution in [1.29, 1.82) is 0 Å². The molecule has 0 bridgehead atoms. The van der Waals surface area contributed by atoms with Gasteiger partial charge in [-0.05, 0) is 42.0 Å². The van der Waals surface area contributed by atoms with E-state index in [1.165, 1.54) is 12.1 Å². The Hall–Kier alpha value is -3.21. The molecule has 0 N–H and O–H groups in total. The number of aromatic nitrogens is 1. The van der Waals surface area contributed by atoms with Crippen LogP contribution in [-0.2, 0) is 0 Å². The van der Waals surface area contributed by atoms with E-state index in [0.29, 0.717) is 12.1 Å². The summed E-state index contributed by atoms with van der Waals surface area (Å²) in [5, 5.41) is 0. The van der Waals surface area contributed by atoms with Gasteiger partial charge < -0.3 is 9.64 Å². The zero-order valence-corrected chi connectivity index (χ0v) is 14.2. The zero-order valence-electron chi connectivity index (χ0n) is 14.2. The standard InChI is InChI=1S/C21H17FN2O2/c1-26-20-7-3-2-6-16(20)18-13-24(19-9-8-15(22)11-17(18)19)21(25)14-5-4-10-23-12-14/h2-12,18H,13H2,1H3. The Morgan fingerprint density at radius 3 is 2.77 bits per heavy atom. The van der Waals surface area contributed by atoms with E-state index >= 15 is 0 Å². The molecule has 1 amide bonds. The number of nitrogens with zero attached hydrogens (tertiary/aromatic N) is 2. The van der Waals surface area contributed by atoms with Gasteiger partial charge in [-0.25, -0.2) is 4.39 Å². The van der Waals surface area contributed by atoms with E-state index < -0.39 is 0 Å². The van der Waals surface area contributed by atoms with Crippen molar-refractivity contribution in [3.63, 3.8) is 0 Å². The highest BCUT2D eigenvalue weighted by Gasteiger charge is 2.35. The van der Waals surface area contributed by atoms with Crippen molar-refractivity contribution in [2.24, 2.45) is 0 Å². The first-order valence-corrected chi connectivity index (χ1v) is 8.33. The van der Waals surface area contributed by atoms with Crippen molar-refractivity contribution in [3.05, 3.63) is 89.5 Å². The summed E-state index contributed by atoms with van der Waals surface area (Å²) in [5.41, 5.74) is 2.94. The van der Waals surface area contributed by atoms with Crippen LogP contribution in [0, 0.1) is 5.82 Å². The van der Waals surface area contributed by atoms with Crippen LogP contribution in [0.25, 0.3) is 0 Å². The lowest BCUT2D eigenvalue weighted by Crippen LogP contribution is -2.30. The fourth-order valence-corrected chi connectivity index (χ4v) is 3.49. The van der Waals surface area contributed by atoms with E-state index in [-0.39, 0.29) is 17.6 Å². The topological polar surface area (TPSA) is 42.4 Å². The minimum Gasteiger partial charge on any atom is -0.496 e. The normalized spacial score (nSPS) is 15.6. The van der Waals surface area contributed by atoms with E-state index in [1.807, 2.05) is 24.3 Å². The van der Waals surface area contributed by atoms with Gasteiger partial charge in [-0.1, -0.05) is 18.2 Å². The summed E-state index contributed by atoms with van der Waals surface area (Å²) in [6, 6.07) is 15.6. The van der Waals surface area contributed by atoms with E-state index in [4.69, 9.17) is 4.74 Å². The number of benzene rings is 2. The van der Waals surface area contributed by atoms with Crippen LogP contribution in [0.2, 0.25) is 0 Å². The third kappa shape index (κ3) is 2.71. The van der Waals surface area contributed by atoms with Gasteiger partial charge in [0.15, 0.2) is 0 Å². The Bertz CT molecular complexity index is 959. The minimum atomic E-state index is -0.320. The van der Waals surface area contributed by atoms with Crippen molar-refractivity contribution < 1.29 is 13.9 Å². The van der Waals surface area contributed by atoms with Gasteiger partial charge >= 0.3 is 0 Å². The zero-order chi connectivity index (χ0) is 18.1. The molecule has 2 aromatic carbocycles. The third-order valence-electron chi connectivity index (χ3n) is 4.69. The molecule has 2 heterocycles. The Kier molecular flexibility index (Phi) is 4.13. The number of ether oxygens (including phenoxy) is 1. The molecule has 1 aliphatic rings. The highest BCUT2D eigenvalue weighted by molar-refractivity contribution is 6.07. The number of anilines is 1. The van der Waals surface area contributed by atoms with Gasteiger partial charge in [0, 0.05) is 36.1 Å². The summed E-state index contributed by atoms with van der Waals surface area (Å²) in [7, 11) is 1.61. The molecule has 0 radical (unpaired) electrons. The summed E-state index contributed by atoms with van der Waals surface area (Å²) in [5.74, 6) is 0.101. The summed E-state index contributed by atoms with van der Waals surface area (Å²) in [4.78, 5) is 18.7. The van der Waals surface area contributed by atoms with Crippen LogP contribution in [0.1, 0.15) is 27.4 Å². The van der Waals surface area contributed by atoms with Crippen LogP contribution >= 0.6 is 0 Å². The molecule has 1 aliphatic heterocycles. The molecule has 5 heteroatoms. The van der Waals surface area contributed by atoms with Gasteiger partial charge in [0.1, 0.15) is 11.6 Å². The molecule has 26 heavy (non-hydrogen) atoms. The minimum absolute atomic E-state index is 0.150. The molecule has 0 spiro atoms. The molecule has 4 nitrogen and oxygen atoms in total. The molecule has 1 unspecified atom stereocenters. The average Bonchev–Trinajstić information content (AvgIpc) is 3.06. The van der Waals surface area contributed by atoms with E-state index in [2.05, 4.69) is 4.98 Å². The smallest absolute Gasteiger partial charge is 0.259 e. The number of para-hydroxylation sites is 1. The van der Waals surface area contributed by atoms with Crippen molar-refractivity contribution in [1.82, 2.24) is 4.98 Å². The number of carbonyl (C=O) groups is 1. The predicted octanol–water partition coefficient (Wildman–Crippen LogP) is 4.02. The van der Waals surface area contributed by atoms with Gasteiger partial charge in [0.05, 0.1) is 12.7 Å². The lowest BCUT2D eigenvalue weighted by Gasteiger charge is -2.18. The number of hydrogen-bond acceptors (Lipinski definition) is 3. The largest absolute Gasteiger partial charge is 0.496 e. The number of halogens is 1. The lowest BCUT2D eigenvalue weighted by atomic mass is 9.92. The number of amides is 1. The number of rotatable bonds is 3. The molecule has 1 atom stereocenters. The van der Waals surface area contributed by atoms with Crippen LogP contribution < -0.4 is 9.64 Å². The van der Waals surface area contributed by atoms with Gasteiger partial charge in [0.25, 0.3) is 5.91 Å². The highest BCUT2D eigenvalue weighted by Crippen LogP contribution is 2.43. The maximum Gasteiger partial charge on any atom is 0.259 e. The molecule has 1 aromatic heterocycles. The number of carbonyl (C=O) groups excluding carboxylic acids is 1. The van der Waals surface area contributed by atoms with Crippen LogP contribution in [-0.4, -0.2) is 24.5 Å². The Labute approximate surface area is 150 Å². The molecule has 4 rings (SSSR count). The number of pyridine rings is 1. The Balaban J connectivity index is 1.80. The molecule has 0 saturated carbocycles. The van der Waals surface area contributed by atoms with Crippen molar-refractivity contribution in [2.75, 3.05) is 18.6 Å². The molecule has 0 fully saturated rings. The maximum atomic E-state index is 13.9. The fourth-order valence-electron chi connectivity index (χ4n) is 3.49. The molecular formula is C21H17FN2O2. The van der Waals surface area contributed by atoms with Gasteiger partial charge in [-0.15, -0.1) is 0 Å². The van der Waals surface area contributed by atoms with Gasteiger partial charge in [0.2, 0.25) is 0 Å². The summed E-state index contributed by atoms with van der Waals surface area (Å²) >= 11 is 0. The van der Waals surface area contributed by atoms with E-state index in [9.17, 15) is 9.18 Å². The predicted molar refractivity (Wildman–Crippen MR) is 97.2 cm³/mol. The van der Waals surface area contributed by atoms with Gasteiger partial charge in [-0.2, -0.15) is 0 Å². The first kappa shape index (κ1) is 16.3. The quantitative estimate of drug-likeness (QED) is 0.718. The van der Waals surface area contributed by atoms with Crippen LogP contribution in [0.15, 0.2) is 67.0 Å². The monoisotopic (exact) mass is 348 g/mol. The first-order chi connectivity index (χ1) is 12.7. The first-order valence-electron chi connectivity index (χ1n) is 8.33. The number of fused-ring (bicyclic) bond motifs is 1. The summed E-state index contributed by atoms with van der Waals surface area (Å²) in [6.07, 6.45) is 3.17. The third-order valence-corrected chi connectivity index (χ3v) is 4.69. The second-order valence-electron chi connectivity index (χ2n) is 6.16. The lowest BCUT2D eigenvalue weighted by molar-refractivity contribution is 0.0988. The van der Waals surface area contributed by atoms with Crippen LogP contribution in [0.3, 0.4) is 0 Å². The molecule has 0 saturated heterocycles.